The quantitative estimate of drug-likeness (QED) is 0.826. The van der Waals surface area contributed by atoms with Gasteiger partial charge < -0.3 is 14.5 Å². The molecule has 17 heavy (non-hydrogen) atoms. The Morgan fingerprint density at radius 1 is 1.47 bits per heavy atom. The second kappa shape index (κ2) is 6.82. The van der Waals surface area contributed by atoms with Crippen LogP contribution >= 0.6 is 0 Å². The molecule has 1 aliphatic heterocycles. The summed E-state index contributed by atoms with van der Waals surface area (Å²) in [6.07, 6.45) is 7.83. The minimum Gasteiger partial charge on any atom is -0.469 e. The SMILES string of the molecule is CCCNC(Cc1ccco1)C1CCCCO1. The smallest absolute Gasteiger partial charge is 0.105 e. The lowest BCUT2D eigenvalue weighted by Gasteiger charge is -2.30. The van der Waals surface area contributed by atoms with E-state index in [1.165, 1.54) is 19.3 Å². The molecule has 2 rings (SSSR count). The van der Waals surface area contributed by atoms with Crippen LogP contribution in [0.5, 0.6) is 0 Å². The van der Waals surface area contributed by atoms with E-state index in [-0.39, 0.29) is 0 Å². The van der Waals surface area contributed by atoms with Gasteiger partial charge >= 0.3 is 0 Å². The number of rotatable bonds is 6. The highest BCUT2D eigenvalue weighted by Crippen LogP contribution is 2.19. The molecular formula is C14H23NO2. The summed E-state index contributed by atoms with van der Waals surface area (Å²) in [6.45, 7) is 4.15. The van der Waals surface area contributed by atoms with Crippen LogP contribution in [0.25, 0.3) is 0 Å². The van der Waals surface area contributed by atoms with Gasteiger partial charge in [0.25, 0.3) is 0 Å². The van der Waals surface area contributed by atoms with Gasteiger partial charge in [0.1, 0.15) is 5.76 Å². The molecule has 2 atom stereocenters. The molecule has 2 unspecified atom stereocenters. The van der Waals surface area contributed by atoms with Gasteiger partial charge in [-0.25, -0.2) is 0 Å². The summed E-state index contributed by atoms with van der Waals surface area (Å²) in [5.41, 5.74) is 0. The molecule has 0 aromatic carbocycles. The number of furan rings is 1. The summed E-state index contributed by atoms with van der Waals surface area (Å²) in [5.74, 6) is 1.05. The Hall–Kier alpha value is -0.800. The van der Waals surface area contributed by atoms with Gasteiger partial charge in [0.2, 0.25) is 0 Å². The van der Waals surface area contributed by atoms with Gasteiger partial charge in [0.15, 0.2) is 0 Å². The molecule has 1 saturated heterocycles. The number of hydrogen-bond acceptors (Lipinski definition) is 3. The molecule has 2 heterocycles. The second-order valence-electron chi connectivity index (χ2n) is 4.75. The average Bonchev–Trinajstić information content (AvgIpc) is 2.88. The third kappa shape index (κ3) is 3.86. The molecule has 1 aliphatic rings. The van der Waals surface area contributed by atoms with Crippen LogP contribution in [0.1, 0.15) is 38.4 Å². The molecule has 0 bridgehead atoms. The van der Waals surface area contributed by atoms with Crippen molar-refractivity contribution in [1.29, 1.82) is 0 Å². The third-order valence-corrected chi connectivity index (χ3v) is 3.32. The summed E-state index contributed by atoms with van der Waals surface area (Å²) >= 11 is 0. The highest BCUT2D eigenvalue weighted by atomic mass is 16.5. The van der Waals surface area contributed by atoms with Gasteiger partial charge in [-0.1, -0.05) is 6.92 Å². The molecule has 1 aromatic heterocycles. The first-order valence-electron chi connectivity index (χ1n) is 6.77. The number of ether oxygens (including phenoxy) is 1. The predicted molar refractivity (Wildman–Crippen MR) is 68.1 cm³/mol. The van der Waals surface area contributed by atoms with E-state index < -0.39 is 0 Å². The van der Waals surface area contributed by atoms with Gasteiger partial charge in [0.05, 0.1) is 12.4 Å². The maximum Gasteiger partial charge on any atom is 0.105 e. The van der Waals surface area contributed by atoms with E-state index in [2.05, 4.69) is 12.2 Å². The highest BCUT2D eigenvalue weighted by molar-refractivity contribution is 5.02. The third-order valence-electron chi connectivity index (χ3n) is 3.32. The van der Waals surface area contributed by atoms with Gasteiger partial charge in [0, 0.05) is 19.1 Å². The lowest BCUT2D eigenvalue weighted by atomic mass is 9.98. The van der Waals surface area contributed by atoms with E-state index >= 15 is 0 Å². The Bertz CT molecular complexity index is 291. The van der Waals surface area contributed by atoms with Crippen LogP contribution in [0.4, 0.5) is 0 Å². The van der Waals surface area contributed by atoms with Gasteiger partial charge in [-0.3, -0.25) is 0 Å². The first kappa shape index (κ1) is 12.7. The molecule has 0 amide bonds. The van der Waals surface area contributed by atoms with E-state index in [0.29, 0.717) is 12.1 Å². The highest BCUT2D eigenvalue weighted by Gasteiger charge is 2.24. The molecule has 0 spiro atoms. The molecule has 1 aromatic rings. The van der Waals surface area contributed by atoms with Crippen molar-refractivity contribution < 1.29 is 9.15 Å². The fraction of sp³-hybridized carbons (Fsp3) is 0.714. The van der Waals surface area contributed by atoms with E-state index in [9.17, 15) is 0 Å². The van der Waals surface area contributed by atoms with Crippen molar-refractivity contribution in [2.45, 2.75) is 51.2 Å². The summed E-state index contributed by atoms with van der Waals surface area (Å²) in [5, 5.41) is 3.59. The largest absolute Gasteiger partial charge is 0.469 e. The van der Waals surface area contributed by atoms with Crippen LogP contribution in [0.15, 0.2) is 22.8 Å². The first-order valence-corrected chi connectivity index (χ1v) is 6.77. The molecule has 0 aliphatic carbocycles. The number of nitrogens with one attached hydrogen (secondary N) is 1. The molecule has 0 radical (unpaired) electrons. The van der Waals surface area contributed by atoms with Crippen molar-refractivity contribution in [2.24, 2.45) is 0 Å². The normalized spacial score (nSPS) is 22.5. The van der Waals surface area contributed by atoms with E-state index in [4.69, 9.17) is 9.15 Å². The molecule has 96 valence electrons. The monoisotopic (exact) mass is 237 g/mol. The van der Waals surface area contributed by atoms with Crippen LogP contribution in [-0.4, -0.2) is 25.3 Å². The summed E-state index contributed by atoms with van der Waals surface area (Å²) in [6, 6.07) is 4.39. The summed E-state index contributed by atoms with van der Waals surface area (Å²) < 4.78 is 11.3. The van der Waals surface area contributed by atoms with Gasteiger partial charge in [-0.15, -0.1) is 0 Å². The lowest BCUT2D eigenvalue weighted by molar-refractivity contribution is -0.00831. The van der Waals surface area contributed by atoms with Crippen molar-refractivity contribution in [2.75, 3.05) is 13.2 Å². The summed E-state index contributed by atoms with van der Waals surface area (Å²) in [4.78, 5) is 0. The zero-order valence-electron chi connectivity index (χ0n) is 10.7. The van der Waals surface area contributed by atoms with Crippen LogP contribution in [0.2, 0.25) is 0 Å². The Balaban J connectivity index is 1.91. The minimum absolute atomic E-state index is 0.348. The molecule has 1 fully saturated rings. The zero-order chi connectivity index (χ0) is 11.9. The van der Waals surface area contributed by atoms with Gasteiger partial charge in [-0.05, 0) is 44.4 Å². The van der Waals surface area contributed by atoms with Crippen molar-refractivity contribution in [3.05, 3.63) is 24.2 Å². The fourth-order valence-electron chi connectivity index (χ4n) is 2.39. The van der Waals surface area contributed by atoms with Crippen LogP contribution in [0, 0.1) is 0 Å². The van der Waals surface area contributed by atoms with Crippen molar-refractivity contribution in [3.8, 4) is 0 Å². The van der Waals surface area contributed by atoms with E-state index in [1.807, 2.05) is 12.1 Å². The fourth-order valence-corrected chi connectivity index (χ4v) is 2.39. The van der Waals surface area contributed by atoms with E-state index in [1.54, 1.807) is 6.26 Å². The van der Waals surface area contributed by atoms with Gasteiger partial charge in [-0.2, -0.15) is 0 Å². The van der Waals surface area contributed by atoms with Crippen molar-refractivity contribution >= 4 is 0 Å². The maximum absolute atomic E-state index is 5.88. The average molecular weight is 237 g/mol. The Kier molecular flexibility index (Phi) is 5.08. The maximum atomic E-state index is 5.88. The standard InChI is InChI=1S/C14H23NO2/c1-2-8-15-13(11-12-6-5-10-16-12)14-7-3-4-9-17-14/h5-6,10,13-15H,2-4,7-9,11H2,1H3. The molecular weight excluding hydrogens is 214 g/mol. The molecule has 3 heteroatoms. The number of hydrogen-bond donors (Lipinski definition) is 1. The molecule has 1 N–H and O–H groups in total. The zero-order valence-corrected chi connectivity index (χ0v) is 10.7. The predicted octanol–water partition coefficient (Wildman–Crippen LogP) is 2.76. The van der Waals surface area contributed by atoms with Crippen molar-refractivity contribution in [1.82, 2.24) is 5.32 Å². The van der Waals surface area contributed by atoms with Crippen molar-refractivity contribution in [3.63, 3.8) is 0 Å². The van der Waals surface area contributed by atoms with Crippen LogP contribution < -0.4 is 5.32 Å². The minimum atomic E-state index is 0.348. The Morgan fingerprint density at radius 2 is 2.41 bits per heavy atom. The first-order chi connectivity index (χ1) is 8.40. The molecule has 0 saturated carbocycles. The Labute approximate surface area is 104 Å². The molecule has 3 nitrogen and oxygen atoms in total. The van der Waals surface area contributed by atoms with E-state index in [0.717, 1.165) is 31.8 Å². The second-order valence-corrected chi connectivity index (χ2v) is 4.75. The summed E-state index contributed by atoms with van der Waals surface area (Å²) in [7, 11) is 0. The van der Waals surface area contributed by atoms with Crippen LogP contribution in [-0.2, 0) is 11.2 Å². The van der Waals surface area contributed by atoms with Crippen LogP contribution in [0.3, 0.4) is 0 Å². The lowest BCUT2D eigenvalue weighted by Crippen LogP contribution is -2.44. The Morgan fingerprint density at radius 3 is 3.06 bits per heavy atom. The topological polar surface area (TPSA) is 34.4 Å².